The molecule has 0 saturated heterocycles. The van der Waals surface area contributed by atoms with Gasteiger partial charge in [0.05, 0.1) is 24.2 Å². The van der Waals surface area contributed by atoms with Crippen molar-refractivity contribution in [3.05, 3.63) is 57.3 Å². The molecule has 21 heavy (non-hydrogen) atoms. The molecular weight excluding hydrogens is 361 g/mol. The molecule has 0 saturated carbocycles. The highest BCUT2D eigenvalue weighted by molar-refractivity contribution is 9.10. The highest BCUT2D eigenvalue weighted by Gasteiger charge is 2.12. The van der Waals surface area contributed by atoms with E-state index >= 15 is 0 Å². The van der Waals surface area contributed by atoms with Crippen molar-refractivity contribution >= 4 is 39.1 Å². The Kier molecular flexibility index (Phi) is 5.20. The average Bonchev–Trinajstić information content (AvgIpc) is 2.43. The number of nitrogens with one attached hydrogen (secondary N) is 1. The van der Waals surface area contributed by atoms with Crippen LogP contribution in [0.2, 0.25) is 5.02 Å². The molecule has 0 aliphatic carbocycles. The van der Waals surface area contributed by atoms with E-state index in [1.54, 1.807) is 31.4 Å². The van der Waals surface area contributed by atoms with Crippen LogP contribution < -0.4 is 10.1 Å². The summed E-state index contributed by atoms with van der Waals surface area (Å²) in [5.41, 5.74) is 1.19. The van der Waals surface area contributed by atoms with Gasteiger partial charge in [0, 0.05) is 4.47 Å². The van der Waals surface area contributed by atoms with Crippen LogP contribution >= 0.6 is 27.5 Å². The Morgan fingerprint density at radius 1 is 1.33 bits per heavy atom. The molecule has 0 radical (unpaired) electrons. The molecule has 0 aliphatic rings. The predicted octanol–water partition coefficient (Wildman–Crippen LogP) is 4.43. The molecule has 1 N–H and O–H groups in total. The van der Waals surface area contributed by atoms with Crippen molar-refractivity contribution in [3.63, 3.8) is 0 Å². The maximum absolute atomic E-state index is 13.1. The summed E-state index contributed by atoms with van der Waals surface area (Å²) in [5, 5.41) is 2.81. The van der Waals surface area contributed by atoms with Gasteiger partial charge in [-0.25, -0.2) is 4.39 Å². The zero-order valence-electron chi connectivity index (χ0n) is 11.1. The maximum Gasteiger partial charge on any atom is 0.228 e. The molecule has 110 valence electrons. The summed E-state index contributed by atoms with van der Waals surface area (Å²) in [6.45, 7) is 0. The molecule has 0 unspecified atom stereocenters. The largest absolute Gasteiger partial charge is 0.497 e. The van der Waals surface area contributed by atoms with Crippen molar-refractivity contribution in [2.45, 2.75) is 6.42 Å². The summed E-state index contributed by atoms with van der Waals surface area (Å²) >= 11 is 9.10. The molecule has 2 aromatic rings. The molecule has 0 atom stereocenters. The van der Waals surface area contributed by atoms with E-state index in [1.165, 1.54) is 6.07 Å². The van der Waals surface area contributed by atoms with Crippen LogP contribution in [0.15, 0.2) is 40.9 Å². The van der Waals surface area contributed by atoms with Crippen molar-refractivity contribution in [1.29, 1.82) is 0 Å². The third kappa shape index (κ3) is 4.19. The average molecular weight is 373 g/mol. The summed E-state index contributed by atoms with van der Waals surface area (Å²) in [6.07, 6.45) is 0.185. The van der Waals surface area contributed by atoms with Crippen LogP contribution in [0, 0.1) is 5.82 Å². The monoisotopic (exact) mass is 371 g/mol. The lowest BCUT2D eigenvalue weighted by molar-refractivity contribution is -0.115. The molecule has 0 bridgehead atoms. The van der Waals surface area contributed by atoms with Gasteiger partial charge in [-0.1, -0.05) is 23.7 Å². The summed E-state index contributed by atoms with van der Waals surface area (Å²) < 4.78 is 18.6. The van der Waals surface area contributed by atoms with Crippen LogP contribution in [-0.2, 0) is 11.2 Å². The van der Waals surface area contributed by atoms with Crippen molar-refractivity contribution in [2.75, 3.05) is 12.4 Å². The lowest BCUT2D eigenvalue weighted by atomic mass is 10.1. The first-order valence-corrected chi connectivity index (χ1v) is 7.24. The zero-order valence-corrected chi connectivity index (χ0v) is 13.5. The molecular formula is C15H12BrClFNO2. The molecule has 2 aromatic carbocycles. The lowest BCUT2D eigenvalue weighted by Gasteiger charge is -2.10. The third-order valence-corrected chi connectivity index (χ3v) is 3.72. The van der Waals surface area contributed by atoms with Gasteiger partial charge in [-0.15, -0.1) is 0 Å². The van der Waals surface area contributed by atoms with E-state index in [0.717, 1.165) is 17.4 Å². The molecule has 2 rings (SSSR count). The van der Waals surface area contributed by atoms with E-state index in [0.29, 0.717) is 10.2 Å². The van der Waals surface area contributed by atoms with Crippen LogP contribution in [0.5, 0.6) is 5.75 Å². The molecule has 3 nitrogen and oxygen atoms in total. The van der Waals surface area contributed by atoms with Crippen LogP contribution in [0.4, 0.5) is 10.1 Å². The van der Waals surface area contributed by atoms with Crippen LogP contribution in [-0.4, -0.2) is 13.0 Å². The second-order valence-electron chi connectivity index (χ2n) is 4.32. The predicted molar refractivity (Wildman–Crippen MR) is 84.4 cm³/mol. The van der Waals surface area contributed by atoms with Gasteiger partial charge in [-0.2, -0.15) is 0 Å². The van der Waals surface area contributed by atoms with Gasteiger partial charge in [0.25, 0.3) is 0 Å². The molecule has 0 aromatic heterocycles. The van der Waals surface area contributed by atoms with E-state index in [9.17, 15) is 9.18 Å². The smallest absolute Gasteiger partial charge is 0.228 e. The van der Waals surface area contributed by atoms with Crippen LogP contribution in [0.25, 0.3) is 0 Å². The summed E-state index contributed by atoms with van der Waals surface area (Å²) in [4.78, 5) is 12.0. The van der Waals surface area contributed by atoms with Crippen LogP contribution in [0.1, 0.15) is 5.56 Å². The number of halogens is 3. The number of carbonyl (C=O) groups is 1. The van der Waals surface area contributed by atoms with Gasteiger partial charge in [-0.3, -0.25) is 4.79 Å². The quantitative estimate of drug-likeness (QED) is 0.862. The first-order chi connectivity index (χ1) is 9.99. The Hall–Kier alpha value is -1.59. The van der Waals surface area contributed by atoms with Gasteiger partial charge >= 0.3 is 0 Å². The van der Waals surface area contributed by atoms with Gasteiger partial charge in [0.15, 0.2) is 0 Å². The number of amides is 1. The number of anilines is 1. The molecule has 6 heteroatoms. The number of hydrogen-bond donors (Lipinski definition) is 1. The van der Waals surface area contributed by atoms with Crippen molar-refractivity contribution < 1.29 is 13.9 Å². The normalized spacial score (nSPS) is 10.3. The Balaban J connectivity index is 2.08. The van der Waals surface area contributed by atoms with Gasteiger partial charge in [-0.05, 0) is 45.8 Å². The fourth-order valence-electron chi connectivity index (χ4n) is 1.77. The Morgan fingerprint density at radius 3 is 2.57 bits per heavy atom. The van der Waals surface area contributed by atoms with E-state index in [2.05, 4.69) is 21.2 Å². The zero-order chi connectivity index (χ0) is 15.4. The molecule has 0 fully saturated rings. The SMILES string of the molecule is COc1ccc(CC(=O)Nc2c(Cl)cc(F)cc2Br)cc1. The molecule has 0 heterocycles. The van der Waals surface area contributed by atoms with Gasteiger partial charge in [0.2, 0.25) is 5.91 Å². The van der Waals surface area contributed by atoms with E-state index in [-0.39, 0.29) is 17.4 Å². The second kappa shape index (κ2) is 6.91. The Bertz CT molecular complexity index is 638. The lowest BCUT2D eigenvalue weighted by Crippen LogP contribution is -2.15. The fourth-order valence-corrected chi connectivity index (χ4v) is 2.67. The topological polar surface area (TPSA) is 38.3 Å². The van der Waals surface area contributed by atoms with E-state index in [4.69, 9.17) is 16.3 Å². The minimum absolute atomic E-state index is 0.143. The molecule has 0 aliphatic heterocycles. The molecule has 1 amide bonds. The highest BCUT2D eigenvalue weighted by atomic mass is 79.9. The standard InChI is InChI=1S/C15H12BrClFNO2/c1-21-11-4-2-9(3-5-11)6-14(20)19-15-12(16)7-10(18)8-13(15)17/h2-5,7-8H,6H2,1H3,(H,19,20). The first kappa shape index (κ1) is 15.8. The number of benzene rings is 2. The minimum atomic E-state index is -0.472. The number of rotatable bonds is 4. The number of ether oxygens (including phenoxy) is 1. The number of hydrogen-bond acceptors (Lipinski definition) is 2. The number of carbonyl (C=O) groups excluding carboxylic acids is 1. The van der Waals surface area contributed by atoms with Crippen molar-refractivity contribution in [1.82, 2.24) is 0 Å². The van der Waals surface area contributed by atoms with E-state index < -0.39 is 5.82 Å². The van der Waals surface area contributed by atoms with Crippen LogP contribution in [0.3, 0.4) is 0 Å². The maximum atomic E-state index is 13.1. The Morgan fingerprint density at radius 2 is 2.00 bits per heavy atom. The summed E-state index contributed by atoms with van der Waals surface area (Å²) in [6, 6.07) is 9.57. The summed E-state index contributed by atoms with van der Waals surface area (Å²) in [7, 11) is 1.58. The van der Waals surface area contributed by atoms with Gasteiger partial charge in [0.1, 0.15) is 11.6 Å². The Labute approximate surface area is 135 Å². The second-order valence-corrected chi connectivity index (χ2v) is 5.58. The summed E-state index contributed by atoms with van der Waals surface area (Å²) in [5.74, 6) is 0.0119. The first-order valence-electron chi connectivity index (χ1n) is 6.07. The third-order valence-electron chi connectivity index (χ3n) is 2.80. The molecule has 0 spiro atoms. The minimum Gasteiger partial charge on any atom is -0.497 e. The highest BCUT2D eigenvalue weighted by Crippen LogP contribution is 2.31. The van der Waals surface area contributed by atoms with Gasteiger partial charge < -0.3 is 10.1 Å². The van der Waals surface area contributed by atoms with E-state index in [1.807, 2.05) is 0 Å². The van der Waals surface area contributed by atoms with Crippen molar-refractivity contribution in [2.24, 2.45) is 0 Å². The van der Waals surface area contributed by atoms with Crippen molar-refractivity contribution in [3.8, 4) is 5.75 Å². The number of methoxy groups -OCH3 is 1. The fraction of sp³-hybridized carbons (Fsp3) is 0.133.